The van der Waals surface area contributed by atoms with Crippen molar-refractivity contribution in [1.82, 2.24) is 29.9 Å². The predicted molar refractivity (Wildman–Crippen MR) is 267 cm³/mol. The van der Waals surface area contributed by atoms with Crippen molar-refractivity contribution in [3.63, 3.8) is 0 Å². The zero-order valence-electron chi connectivity index (χ0n) is 36.3. The molecule has 2 heterocycles. The monoisotopic (exact) mass is 1130 g/mol. The molecule has 1 aliphatic rings. The summed E-state index contributed by atoms with van der Waals surface area (Å²) in [6.07, 6.45) is 2.34. The highest BCUT2D eigenvalue weighted by atomic mass is 35.5. The number of nitrogens with one attached hydrogen (secondary N) is 5. The van der Waals surface area contributed by atoms with E-state index in [2.05, 4.69) is 71.9 Å². The fraction of sp³-hybridized carbons (Fsp3) is 0. The van der Waals surface area contributed by atoms with Crippen LogP contribution >= 0.6 is 23.2 Å². The number of rotatable bonds is 16. The van der Waals surface area contributed by atoms with Crippen LogP contribution in [0.15, 0.2) is 138 Å². The Balaban J connectivity index is 1.04. The van der Waals surface area contributed by atoms with Gasteiger partial charge in [0, 0.05) is 22.7 Å². The lowest BCUT2D eigenvalue weighted by Crippen LogP contribution is -2.21. The second kappa shape index (κ2) is 20.4. The molecule has 0 aliphatic heterocycles. The third-order valence-corrected chi connectivity index (χ3v) is 13.5. The largest absolute Gasteiger partial charge is 0.396 e. The first-order valence-corrected chi connectivity index (χ1v) is 26.5. The molecule has 11 N–H and O–H groups in total. The Morgan fingerprint density at radius 1 is 0.514 bits per heavy atom. The van der Waals surface area contributed by atoms with Gasteiger partial charge in [-0.15, -0.1) is 5.11 Å². The minimum Gasteiger partial charge on any atom is -0.396 e. The number of aromatic nitrogens is 6. The summed E-state index contributed by atoms with van der Waals surface area (Å²) < 4.78 is 136. The molecular weight excluding hydrogens is 1100 g/mol. The van der Waals surface area contributed by atoms with Gasteiger partial charge in [0.1, 0.15) is 21.2 Å². The topological polar surface area (TPSA) is 435 Å². The van der Waals surface area contributed by atoms with Gasteiger partial charge in [-0.25, -0.2) is 0 Å². The van der Waals surface area contributed by atoms with Crippen LogP contribution in [0, 0.1) is 0 Å². The maximum Gasteiger partial charge on any atom is 0.296 e. The van der Waals surface area contributed by atoms with E-state index in [0.717, 1.165) is 42.5 Å². The third-order valence-electron chi connectivity index (χ3n) is 9.66. The lowest BCUT2D eigenvalue weighted by Gasteiger charge is -2.17. The van der Waals surface area contributed by atoms with E-state index in [9.17, 15) is 56.7 Å². The average Bonchev–Trinajstić information content (AvgIpc) is 3.29. The van der Waals surface area contributed by atoms with Crippen molar-refractivity contribution < 1.29 is 56.7 Å². The highest BCUT2D eigenvalue weighted by Gasteiger charge is 2.30. The fourth-order valence-electron chi connectivity index (χ4n) is 6.54. The number of hydrazone groups is 1. The summed E-state index contributed by atoms with van der Waals surface area (Å²) in [7, 11) is -19.1. The predicted octanol–water partition coefficient (Wildman–Crippen LogP) is 7.00. The van der Waals surface area contributed by atoms with E-state index in [1.165, 1.54) is 60.7 Å². The van der Waals surface area contributed by atoms with Crippen LogP contribution < -0.4 is 32.4 Å². The number of hydrogen-bond donors (Lipinski definition) is 10. The molecule has 74 heavy (non-hydrogen) atoms. The Morgan fingerprint density at radius 2 is 0.986 bits per heavy atom. The number of halogens is 2. The zero-order chi connectivity index (χ0) is 53.3. The molecule has 0 atom stereocenters. The van der Waals surface area contributed by atoms with Crippen molar-refractivity contribution >= 4 is 151 Å². The van der Waals surface area contributed by atoms with Gasteiger partial charge >= 0.3 is 0 Å². The lowest BCUT2D eigenvalue weighted by molar-refractivity contribution is 0.106. The summed E-state index contributed by atoms with van der Waals surface area (Å²) in [6, 6.07) is 20.2. The number of Topliss-reactive ketones (excluding diaryl/α,β-unsaturated/α-hetero) is 1. The molecule has 0 spiro atoms. The first-order chi connectivity index (χ1) is 34.8. The van der Waals surface area contributed by atoms with Crippen LogP contribution in [0.1, 0.15) is 15.9 Å². The normalized spacial score (nSPS) is 13.4. The second-order valence-electron chi connectivity index (χ2n) is 14.8. The van der Waals surface area contributed by atoms with Crippen molar-refractivity contribution in [3.05, 3.63) is 125 Å². The molecule has 8 rings (SSSR count). The molecule has 380 valence electrons. The number of hydrogen-bond acceptors (Lipinski definition) is 24. The van der Waals surface area contributed by atoms with Gasteiger partial charge in [-0.05, 0) is 114 Å². The molecule has 2 aromatic heterocycles. The molecule has 0 radical (unpaired) electrons. The molecule has 0 amide bonds. The highest BCUT2D eigenvalue weighted by Crippen LogP contribution is 2.40. The number of fused-ring (bicyclic) bond motifs is 1. The molecule has 1 aliphatic carbocycles. The summed E-state index contributed by atoms with van der Waals surface area (Å²) in [5.41, 5.74) is 6.98. The van der Waals surface area contributed by atoms with Crippen LogP contribution in [-0.4, -0.2) is 93.3 Å². The first kappa shape index (κ1) is 52.2. The highest BCUT2D eigenvalue weighted by molar-refractivity contribution is 7.86. The van der Waals surface area contributed by atoms with Crippen LogP contribution in [0.3, 0.4) is 0 Å². The van der Waals surface area contributed by atoms with Gasteiger partial charge in [-0.1, -0.05) is 24.3 Å². The number of carbonyl (C=O) groups excluding carboxylic acids is 1. The SMILES string of the molecule is Nc1c(N=Nc2cccc(Nc3nc(Cl)nc(Nc4cccc(S(=O)(=O)O)c4)n3)c2)c(S(=O)(=O)O)cc2c1C(=O)/C(=N\Nc1cc(Nc3nc(Cl)nc(Nc4cccc(S(=O)(=O)O)c4)n3)ccc1S(=O)(=O)O)C=C2. The van der Waals surface area contributed by atoms with Crippen LogP contribution in [-0.2, 0) is 40.5 Å². The number of azo groups is 1. The van der Waals surface area contributed by atoms with E-state index in [0.29, 0.717) is 0 Å². The second-order valence-corrected chi connectivity index (χ2v) is 21.1. The molecule has 7 aromatic rings. The minimum atomic E-state index is -5.09. The van der Waals surface area contributed by atoms with Crippen molar-refractivity contribution in [2.75, 3.05) is 32.4 Å². The van der Waals surface area contributed by atoms with Crippen LogP contribution in [0.25, 0.3) is 6.08 Å². The van der Waals surface area contributed by atoms with Crippen LogP contribution in [0.5, 0.6) is 0 Å². The molecular formula is C40H29Cl2N15O13S4. The third kappa shape index (κ3) is 12.5. The van der Waals surface area contributed by atoms with Crippen molar-refractivity contribution in [2.24, 2.45) is 15.3 Å². The summed E-state index contributed by atoms with van der Waals surface area (Å²) >= 11 is 12.2. The quantitative estimate of drug-likeness (QED) is 0.0201. The number of nitrogens with zero attached hydrogens (tertiary/aromatic N) is 9. The summed E-state index contributed by atoms with van der Waals surface area (Å²) in [6.45, 7) is 0. The molecule has 0 unspecified atom stereocenters. The van der Waals surface area contributed by atoms with E-state index in [-0.39, 0.29) is 73.9 Å². The smallest absolute Gasteiger partial charge is 0.296 e. The summed E-state index contributed by atoms with van der Waals surface area (Å²) in [5.74, 6) is -1.61. The summed E-state index contributed by atoms with van der Waals surface area (Å²) in [5, 5.41) is 22.5. The number of ketones is 1. The van der Waals surface area contributed by atoms with Gasteiger partial charge in [0.15, 0.2) is 0 Å². The van der Waals surface area contributed by atoms with E-state index in [4.69, 9.17) is 28.9 Å². The van der Waals surface area contributed by atoms with Crippen molar-refractivity contribution in [3.8, 4) is 0 Å². The van der Waals surface area contributed by atoms with E-state index < -0.39 is 88.6 Å². The van der Waals surface area contributed by atoms with E-state index in [1.807, 2.05) is 0 Å². The molecule has 0 saturated carbocycles. The van der Waals surface area contributed by atoms with Gasteiger partial charge in [0.25, 0.3) is 40.5 Å². The zero-order valence-corrected chi connectivity index (χ0v) is 41.1. The molecule has 0 saturated heterocycles. The Kier molecular flexibility index (Phi) is 14.4. The first-order valence-electron chi connectivity index (χ1n) is 20.0. The van der Waals surface area contributed by atoms with Gasteiger partial charge in [-0.3, -0.25) is 28.4 Å². The summed E-state index contributed by atoms with van der Waals surface area (Å²) in [4.78, 5) is 35.8. The van der Waals surface area contributed by atoms with Gasteiger partial charge in [-0.2, -0.15) is 73.8 Å². The number of carbonyl (C=O) groups is 1. The van der Waals surface area contributed by atoms with E-state index in [1.54, 1.807) is 6.07 Å². The number of nitrogen functional groups attached to an aromatic ring is 1. The van der Waals surface area contributed by atoms with Gasteiger partial charge in [0.05, 0.1) is 32.4 Å². The maximum atomic E-state index is 14.0. The van der Waals surface area contributed by atoms with Gasteiger partial charge < -0.3 is 27.0 Å². The average molecular weight is 1130 g/mol. The van der Waals surface area contributed by atoms with Gasteiger partial charge in [0.2, 0.25) is 40.1 Å². The lowest BCUT2D eigenvalue weighted by atomic mass is 9.92. The molecule has 28 nitrogen and oxygen atoms in total. The fourth-order valence-corrected chi connectivity index (χ4v) is 9.20. The number of nitrogens with two attached hydrogens (primary N) is 1. The Hall–Kier alpha value is -8.18. The standard InChI is InChI=1S/C40H29Cl2N15O13S4/c41-35-48-37(52-38(49-35)45-21-5-2-8-25(16-21)71(59,60)61)44-20-4-1-7-24(15-20)54-57-33-30(74(68,69)70)14-19-10-12-27(34(58)31(19)32(33)43)55-56-28-18-23(11-13-29(28)73(65,66)67)47-40-51-36(42)50-39(53-40)46-22-6-3-9-26(17-22)72(62,63)64/h1-18,56H,43H2,(H,59,60,61)(H,62,63,64)(H,65,66,67)(H,68,69,70)(H2,44,45,48,49,52)(H2,46,47,50,51,53)/b55-27-,57-54?. The molecule has 0 fully saturated rings. The molecule has 0 bridgehead atoms. The molecule has 5 aromatic carbocycles. The van der Waals surface area contributed by atoms with Crippen LogP contribution in [0.2, 0.25) is 10.6 Å². The van der Waals surface area contributed by atoms with Crippen molar-refractivity contribution in [1.29, 1.82) is 0 Å². The Labute approximate surface area is 427 Å². The minimum absolute atomic E-state index is 0.0531. The number of anilines is 10. The Bertz CT molecular complexity index is 4040. The number of benzene rings is 5. The van der Waals surface area contributed by atoms with E-state index >= 15 is 0 Å². The maximum absolute atomic E-state index is 14.0. The molecule has 34 heteroatoms. The Morgan fingerprint density at radius 3 is 1.47 bits per heavy atom. The van der Waals surface area contributed by atoms with Crippen LogP contribution in [0.4, 0.5) is 69.3 Å². The number of allylic oxidation sites excluding steroid dienone is 1. The van der Waals surface area contributed by atoms with Crippen molar-refractivity contribution in [2.45, 2.75) is 19.6 Å².